The van der Waals surface area contributed by atoms with Gasteiger partial charge in [0.2, 0.25) is 0 Å². The quantitative estimate of drug-likeness (QED) is 0.217. The summed E-state index contributed by atoms with van der Waals surface area (Å²) in [5.41, 5.74) is 1.71. The van der Waals surface area contributed by atoms with Crippen LogP contribution in [0.4, 0.5) is 0 Å². The Labute approximate surface area is 74.5 Å². The predicted octanol–water partition coefficient (Wildman–Crippen LogP) is -0.133. The van der Waals surface area contributed by atoms with Gasteiger partial charge in [0, 0.05) is 10.7 Å². The zero-order chi connectivity index (χ0) is 9.26. The molecule has 0 atom stereocenters. The van der Waals surface area contributed by atoms with Crippen molar-refractivity contribution in [1.82, 2.24) is 10.3 Å². The second-order valence-corrected chi connectivity index (χ2v) is 2.73. The number of rotatable bonds is 1. The van der Waals surface area contributed by atoms with Crippen LogP contribution in [0.25, 0.3) is 11.0 Å². The van der Waals surface area contributed by atoms with Crippen LogP contribution >= 0.6 is 0 Å². The normalized spacial score (nSPS) is 12.2. The highest BCUT2D eigenvalue weighted by Gasteiger charge is 2.11. The lowest BCUT2D eigenvalue weighted by molar-refractivity contribution is -0.633. The van der Waals surface area contributed by atoms with E-state index in [-0.39, 0.29) is 0 Å². The van der Waals surface area contributed by atoms with E-state index in [9.17, 15) is 5.21 Å². The van der Waals surface area contributed by atoms with Gasteiger partial charge in [0.15, 0.2) is 5.52 Å². The number of hydrogen-bond acceptors (Lipinski definition) is 2. The molecular formula is C8H9N4O+. The summed E-state index contributed by atoms with van der Waals surface area (Å²) in [6.07, 6.45) is 1.38. The maximum atomic E-state index is 10.7. The standard InChI is InChI=1S/C8H8N4O/c1-11(13)6-12-8-5-3-2-4-7(8)9-10-12/h2-6H,1H3/p+1/b11-6-. The first-order valence-electron chi connectivity index (χ1n) is 3.87. The van der Waals surface area contributed by atoms with E-state index in [0.29, 0.717) is 4.74 Å². The highest BCUT2D eigenvalue weighted by atomic mass is 16.5. The van der Waals surface area contributed by atoms with Crippen molar-refractivity contribution in [2.75, 3.05) is 7.05 Å². The van der Waals surface area contributed by atoms with Gasteiger partial charge in [-0.15, -0.1) is 5.10 Å². The number of hydrogen-bond donors (Lipinski definition) is 1. The largest absolute Gasteiger partial charge is 0.620 e. The van der Waals surface area contributed by atoms with E-state index < -0.39 is 0 Å². The van der Waals surface area contributed by atoms with Crippen molar-refractivity contribution >= 4 is 17.4 Å². The number of hydroxylamine groups is 1. The fraction of sp³-hybridized carbons (Fsp3) is 0.125. The minimum atomic E-state index is 0.713. The molecule has 1 aromatic heterocycles. The van der Waals surface area contributed by atoms with Crippen LogP contribution in [0.3, 0.4) is 0 Å². The average molecular weight is 177 g/mol. The molecule has 5 heteroatoms. The number of aromatic nitrogens is 3. The summed E-state index contributed by atoms with van der Waals surface area (Å²) in [7, 11) is 1.42. The summed E-state index contributed by atoms with van der Waals surface area (Å²) in [6.45, 7) is 0. The van der Waals surface area contributed by atoms with E-state index in [1.807, 2.05) is 24.3 Å². The summed E-state index contributed by atoms with van der Waals surface area (Å²) in [5, 5.41) is 17.5. The third-order valence-electron chi connectivity index (χ3n) is 1.70. The molecule has 0 radical (unpaired) electrons. The van der Waals surface area contributed by atoms with E-state index in [1.165, 1.54) is 13.4 Å². The number of H-pyrrole nitrogens is 1. The fourth-order valence-electron chi connectivity index (χ4n) is 1.17. The Kier molecular flexibility index (Phi) is 1.70. The van der Waals surface area contributed by atoms with Gasteiger partial charge in [-0.2, -0.15) is 4.74 Å². The van der Waals surface area contributed by atoms with Crippen molar-refractivity contribution in [1.29, 1.82) is 0 Å². The highest BCUT2D eigenvalue weighted by molar-refractivity contribution is 5.71. The zero-order valence-electron chi connectivity index (χ0n) is 7.14. The van der Waals surface area contributed by atoms with Gasteiger partial charge in [-0.25, -0.2) is 0 Å². The molecule has 5 nitrogen and oxygen atoms in total. The molecule has 0 saturated carbocycles. The zero-order valence-corrected chi connectivity index (χ0v) is 7.14. The number of para-hydroxylation sites is 2. The van der Waals surface area contributed by atoms with Crippen LogP contribution in [0.15, 0.2) is 24.3 Å². The minimum absolute atomic E-state index is 0.713. The maximum Gasteiger partial charge on any atom is 0.443 e. The third-order valence-corrected chi connectivity index (χ3v) is 1.70. The summed E-state index contributed by atoms with van der Waals surface area (Å²) in [4.78, 5) is 0. The van der Waals surface area contributed by atoms with Gasteiger partial charge in [0.25, 0.3) is 5.52 Å². The molecule has 0 unspecified atom stereocenters. The molecule has 66 valence electrons. The van der Waals surface area contributed by atoms with E-state index in [4.69, 9.17) is 0 Å². The second-order valence-electron chi connectivity index (χ2n) is 2.73. The molecule has 0 spiro atoms. The van der Waals surface area contributed by atoms with Gasteiger partial charge in [0.05, 0.1) is 0 Å². The first-order chi connectivity index (χ1) is 6.27. The molecule has 1 aromatic carbocycles. The van der Waals surface area contributed by atoms with Crippen molar-refractivity contribution in [3.63, 3.8) is 0 Å². The molecule has 0 fully saturated rings. The van der Waals surface area contributed by atoms with Gasteiger partial charge in [-0.3, -0.25) is 0 Å². The third kappa shape index (κ3) is 1.35. The smallest absolute Gasteiger partial charge is 0.443 e. The van der Waals surface area contributed by atoms with Gasteiger partial charge >= 0.3 is 6.34 Å². The van der Waals surface area contributed by atoms with Crippen LogP contribution < -0.4 is 4.68 Å². The van der Waals surface area contributed by atoms with Crippen molar-refractivity contribution in [2.24, 2.45) is 0 Å². The minimum Gasteiger partial charge on any atom is -0.620 e. The number of benzene rings is 1. The van der Waals surface area contributed by atoms with Crippen LogP contribution in [0, 0.1) is 5.21 Å². The Morgan fingerprint density at radius 1 is 1.54 bits per heavy atom. The second kappa shape index (κ2) is 2.85. The molecule has 0 amide bonds. The fourth-order valence-corrected chi connectivity index (χ4v) is 1.17. The molecule has 0 saturated heterocycles. The van der Waals surface area contributed by atoms with Crippen molar-refractivity contribution in [2.45, 2.75) is 0 Å². The van der Waals surface area contributed by atoms with E-state index in [0.717, 1.165) is 11.0 Å². The highest BCUT2D eigenvalue weighted by Crippen LogP contribution is 2.02. The summed E-state index contributed by atoms with van der Waals surface area (Å²) < 4.78 is 2.28. The predicted molar refractivity (Wildman–Crippen MR) is 47.3 cm³/mol. The van der Waals surface area contributed by atoms with Gasteiger partial charge < -0.3 is 5.21 Å². The van der Waals surface area contributed by atoms with Crippen LogP contribution in [0.1, 0.15) is 0 Å². The van der Waals surface area contributed by atoms with Crippen molar-refractivity contribution in [3.8, 4) is 0 Å². The molecule has 0 aliphatic heterocycles. The Bertz CT molecular complexity index is 456. The molecule has 1 heterocycles. The first kappa shape index (κ1) is 7.72. The SMILES string of the molecule is C/[N+]([O-])=C/[n+]1[nH]nc2ccccc21. The van der Waals surface area contributed by atoms with Crippen LogP contribution in [-0.4, -0.2) is 28.4 Å². The van der Waals surface area contributed by atoms with E-state index in [2.05, 4.69) is 10.3 Å². The molecule has 0 bridgehead atoms. The van der Waals surface area contributed by atoms with E-state index >= 15 is 0 Å². The van der Waals surface area contributed by atoms with Crippen LogP contribution in [0.2, 0.25) is 0 Å². The monoisotopic (exact) mass is 177 g/mol. The molecule has 0 aliphatic rings. The summed E-state index contributed by atoms with van der Waals surface area (Å²) in [5.74, 6) is 0. The molecule has 2 rings (SSSR count). The maximum absolute atomic E-state index is 10.7. The lowest BCUT2D eigenvalue weighted by Crippen LogP contribution is -2.39. The Morgan fingerprint density at radius 2 is 2.31 bits per heavy atom. The lowest BCUT2D eigenvalue weighted by atomic mass is 10.3. The molecule has 2 aromatic rings. The topological polar surface area (TPSA) is 58.6 Å². The number of aromatic amines is 1. The van der Waals surface area contributed by atoms with Gasteiger partial charge in [0.1, 0.15) is 7.05 Å². The van der Waals surface area contributed by atoms with E-state index in [1.54, 1.807) is 4.68 Å². The number of fused-ring (bicyclic) bond motifs is 1. The molecule has 0 aliphatic carbocycles. The van der Waals surface area contributed by atoms with Gasteiger partial charge in [-0.05, 0) is 6.07 Å². The molecular weight excluding hydrogens is 168 g/mol. The van der Waals surface area contributed by atoms with Crippen LogP contribution in [-0.2, 0) is 0 Å². The van der Waals surface area contributed by atoms with Gasteiger partial charge in [-0.1, -0.05) is 17.3 Å². The number of nitrogens with zero attached hydrogens (tertiary/aromatic N) is 3. The Hall–Kier alpha value is -1.91. The van der Waals surface area contributed by atoms with Crippen molar-refractivity contribution in [3.05, 3.63) is 29.5 Å². The molecule has 1 N–H and O–H groups in total. The number of nitrogens with one attached hydrogen (secondary N) is 1. The Morgan fingerprint density at radius 3 is 3.08 bits per heavy atom. The first-order valence-corrected chi connectivity index (χ1v) is 3.87. The molecule has 13 heavy (non-hydrogen) atoms. The van der Waals surface area contributed by atoms with Crippen LogP contribution in [0.5, 0.6) is 0 Å². The summed E-state index contributed by atoms with van der Waals surface area (Å²) >= 11 is 0. The lowest BCUT2D eigenvalue weighted by Gasteiger charge is -1.87. The summed E-state index contributed by atoms with van der Waals surface area (Å²) in [6, 6.07) is 7.56. The van der Waals surface area contributed by atoms with Crippen molar-refractivity contribution < 1.29 is 9.42 Å². The average Bonchev–Trinajstić information content (AvgIpc) is 2.48. The Balaban J connectivity index is 2.65.